The van der Waals surface area contributed by atoms with E-state index in [9.17, 15) is 13.2 Å². The summed E-state index contributed by atoms with van der Waals surface area (Å²) in [6, 6.07) is 6.10. The van der Waals surface area contributed by atoms with Crippen LogP contribution in [0.4, 0.5) is 5.69 Å². The van der Waals surface area contributed by atoms with Crippen LogP contribution >= 0.6 is 11.3 Å². The topological polar surface area (TPSA) is 98.5 Å². The smallest absolute Gasteiger partial charge is 0.265 e. The van der Waals surface area contributed by atoms with Crippen LogP contribution in [0.15, 0.2) is 29.2 Å². The van der Waals surface area contributed by atoms with E-state index in [0.29, 0.717) is 16.5 Å². The maximum Gasteiger partial charge on any atom is 0.265 e. The molecule has 0 bridgehead atoms. The number of carbonyl (C=O) groups excluding carboxylic acids is 1. The number of sulfonamides is 1. The quantitative estimate of drug-likeness (QED) is 0.783. The first-order chi connectivity index (χ1) is 13.0. The largest absolute Gasteiger partial charge is 0.495 e. The number of primary sulfonamides is 1. The second-order valence-electron chi connectivity index (χ2n) is 8.23. The number of nitrogens with one attached hydrogen (secondary N) is 1. The highest BCUT2D eigenvalue weighted by atomic mass is 32.2. The average Bonchev–Trinajstić information content (AvgIpc) is 3.03. The third kappa shape index (κ3) is 4.39. The highest BCUT2D eigenvalue weighted by Crippen LogP contribution is 2.40. The summed E-state index contributed by atoms with van der Waals surface area (Å²) in [6.07, 6.45) is 3.09. The van der Waals surface area contributed by atoms with Gasteiger partial charge in [0.1, 0.15) is 5.75 Å². The van der Waals surface area contributed by atoms with Gasteiger partial charge in [-0.1, -0.05) is 20.8 Å². The van der Waals surface area contributed by atoms with Crippen LogP contribution in [0.25, 0.3) is 0 Å². The molecule has 3 N–H and O–H groups in total. The van der Waals surface area contributed by atoms with E-state index in [4.69, 9.17) is 9.88 Å². The van der Waals surface area contributed by atoms with Gasteiger partial charge >= 0.3 is 0 Å². The predicted octanol–water partition coefficient (Wildman–Crippen LogP) is 3.81. The molecule has 0 aliphatic heterocycles. The predicted molar refractivity (Wildman–Crippen MR) is 112 cm³/mol. The fraction of sp³-hybridized carbons (Fsp3) is 0.450. The van der Waals surface area contributed by atoms with E-state index in [2.05, 4.69) is 26.1 Å². The van der Waals surface area contributed by atoms with Crippen molar-refractivity contribution in [2.45, 2.75) is 44.9 Å². The van der Waals surface area contributed by atoms with Crippen LogP contribution < -0.4 is 15.2 Å². The average molecular weight is 423 g/mol. The molecular formula is C20H26N2O4S2. The molecule has 1 atom stereocenters. The van der Waals surface area contributed by atoms with Gasteiger partial charge in [-0.3, -0.25) is 4.79 Å². The van der Waals surface area contributed by atoms with Gasteiger partial charge < -0.3 is 10.1 Å². The highest BCUT2D eigenvalue weighted by molar-refractivity contribution is 7.89. The van der Waals surface area contributed by atoms with E-state index < -0.39 is 10.0 Å². The molecule has 28 heavy (non-hydrogen) atoms. The minimum Gasteiger partial charge on any atom is -0.495 e. The molecule has 6 nitrogen and oxygen atoms in total. The van der Waals surface area contributed by atoms with Crippen molar-refractivity contribution in [1.29, 1.82) is 0 Å². The number of rotatable bonds is 4. The van der Waals surface area contributed by atoms with Crippen molar-refractivity contribution >= 4 is 33.0 Å². The van der Waals surface area contributed by atoms with Gasteiger partial charge in [-0.2, -0.15) is 0 Å². The maximum atomic E-state index is 12.8. The second kappa shape index (κ2) is 7.50. The van der Waals surface area contributed by atoms with Gasteiger partial charge in [0.25, 0.3) is 5.91 Å². The molecule has 2 aromatic rings. The van der Waals surface area contributed by atoms with E-state index in [1.165, 1.54) is 47.1 Å². The van der Waals surface area contributed by atoms with E-state index in [1.807, 2.05) is 6.07 Å². The van der Waals surface area contributed by atoms with Gasteiger partial charge in [0.05, 0.1) is 22.6 Å². The minimum atomic E-state index is -3.88. The number of anilines is 1. The summed E-state index contributed by atoms with van der Waals surface area (Å²) in [7, 11) is -2.42. The maximum absolute atomic E-state index is 12.8. The van der Waals surface area contributed by atoms with Gasteiger partial charge in [-0.15, -0.1) is 11.3 Å². The van der Waals surface area contributed by atoms with E-state index in [1.54, 1.807) is 0 Å². The van der Waals surface area contributed by atoms with Crippen LogP contribution in [0.1, 0.15) is 47.3 Å². The van der Waals surface area contributed by atoms with E-state index in [0.717, 1.165) is 19.3 Å². The lowest BCUT2D eigenvalue weighted by Crippen LogP contribution is -2.26. The zero-order valence-corrected chi connectivity index (χ0v) is 18.2. The van der Waals surface area contributed by atoms with E-state index >= 15 is 0 Å². The molecule has 3 rings (SSSR count). The number of ether oxygens (including phenoxy) is 1. The van der Waals surface area contributed by atoms with Crippen LogP contribution in [0.5, 0.6) is 5.75 Å². The van der Waals surface area contributed by atoms with Crippen molar-refractivity contribution in [3.05, 3.63) is 39.6 Å². The number of methoxy groups -OCH3 is 1. The number of thiophene rings is 1. The molecule has 0 saturated carbocycles. The zero-order valence-electron chi connectivity index (χ0n) is 16.5. The molecule has 1 amide bonds. The summed E-state index contributed by atoms with van der Waals surface area (Å²) in [5.74, 6) is 0.684. The fourth-order valence-electron chi connectivity index (χ4n) is 3.52. The van der Waals surface area contributed by atoms with Crippen molar-refractivity contribution in [3.63, 3.8) is 0 Å². The second-order valence-corrected chi connectivity index (χ2v) is 10.9. The van der Waals surface area contributed by atoms with Crippen LogP contribution in [0.3, 0.4) is 0 Å². The van der Waals surface area contributed by atoms with Crippen molar-refractivity contribution in [2.24, 2.45) is 16.5 Å². The molecule has 1 heterocycles. The number of hydrogen-bond acceptors (Lipinski definition) is 5. The molecule has 0 radical (unpaired) electrons. The molecule has 8 heteroatoms. The summed E-state index contributed by atoms with van der Waals surface area (Å²) >= 11 is 1.50. The lowest BCUT2D eigenvalue weighted by Gasteiger charge is -2.33. The Morgan fingerprint density at radius 2 is 2.00 bits per heavy atom. The van der Waals surface area contributed by atoms with Crippen molar-refractivity contribution < 1.29 is 17.9 Å². The Labute approximate surface area is 170 Å². The minimum absolute atomic E-state index is 0.0814. The molecule has 1 aliphatic rings. The number of nitrogens with two attached hydrogens (primary N) is 1. The third-order valence-corrected chi connectivity index (χ3v) is 7.43. The summed E-state index contributed by atoms with van der Waals surface area (Å²) in [6.45, 7) is 6.77. The molecule has 152 valence electrons. The van der Waals surface area contributed by atoms with Crippen LogP contribution in [-0.4, -0.2) is 21.4 Å². The molecule has 0 unspecified atom stereocenters. The number of fused-ring (bicyclic) bond motifs is 1. The Morgan fingerprint density at radius 3 is 2.61 bits per heavy atom. The summed E-state index contributed by atoms with van der Waals surface area (Å²) in [5.41, 5.74) is 1.76. The molecule has 1 aromatic carbocycles. The van der Waals surface area contributed by atoms with Crippen LogP contribution in [-0.2, 0) is 22.9 Å². The SMILES string of the molecule is COc1ccc(S(N)(=O)=O)cc1NC(=O)c1cc2c(s1)CC[C@@H](C(C)(C)C)C2. The summed E-state index contributed by atoms with van der Waals surface area (Å²) in [5, 5.41) is 7.96. The zero-order chi connectivity index (χ0) is 20.7. The molecule has 1 aromatic heterocycles. The fourth-order valence-corrected chi connectivity index (χ4v) is 5.16. The Hall–Kier alpha value is -1.90. The molecule has 1 aliphatic carbocycles. The van der Waals surface area contributed by atoms with Gasteiger partial charge in [-0.25, -0.2) is 13.6 Å². The first-order valence-electron chi connectivity index (χ1n) is 9.13. The monoisotopic (exact) mass is 422 g/mol. The number of carbonyl (C=O) groups is 1. The Bertz CT molecular complexity index is 1000. The highest BCUT2D eigenvalue weighted by Gasteiger charge is 2.30. The lowest BCUT2D eigenvalue weighted by atomic mass is 9.72. The lowest BCUT2D eigenvalue weighted by molar-refractivity contribution is 0.103. The van der Waals surface area contributed by atoms with Crippen molar-refractivity contribution in [3.8, 4) is 5.75 Å². The van der Waals surface area contributed by atoms with Crippen LogP contribution in [0.2, 0.25) is 0 Å². The van der Waals surface area contributed by atoms with Crippen LogP contribution in [0, 0.1) is 11.3 Å². The standard InChI is InChI=1S/C20H26N2O4S2/c1-20(2,3)13-5-8-17-12(9-13)10-18(27-17)19(23)22-15-11-14(28(21,24)25)6-7-16(15)26-4/h6-7,10-11,13H,5,8-9H2,1-4H3,(H,22,23)(H2,21,24,25)/t13-/m1/s1. The third-order valence-electron chi connectivity index (χ3n) is 5.28. The number of amides is 1. The summed E-state index contributed by atoms with van der Waals surface area (Å²) < 4.78 is 28.5. The number of benzene rings is 1. The Kier molecular flexibility index (Phi) is 5.58. The molecular weight excluding hydrogens is 396 g/mol. The van der Waals surface area contributed by atoms with E-state index in [-0.39, 0.29) is 21.9 Å². The number of aryl methyl sites for hydroxylation is 1. The normalized spacial score (nSPS) is 17.1. The molecule has 0 saturated heterocycles. The Morgan fingerprint density at radius 1 is 1.29 bits per heavy atom. The first kappa shape index (κ1) is 20.8. The van der Waals surface area contributed by atoms with Gasteiger partial charge in [0, 0.05) is 4.88 Å². The van der Waals surface area contributed by atoms with Gasteiger partial charge in [0.2, 0.25) is 10.0 Å². The van der Waals surface area contributed by atoms with Crippen molar-refractivity contribution in [2.75, 3.05) is 12.4 Å². The summed E-state index contributed by atoms with van der Waals surface area (Å²) in [4.78, 5) is 14.6. The first-order valence-corrected chi connectivity index (χ1v) is 11.5. The van der Waals surface area contributed by atoms with Crippen molar-refractivity contribution in [1.82, 2.24) is 0 Å². The Balaban J connectivity index is 1.84. The number of hydrogen-bond donors (Lipinski definition) is 2. The molecule has 0 spiro atoms. The van der Waals surface area contributed by atoms with Gasteiger partial charge in [-0.05, 0) is 60.4 Å². The molecule has 0 fully saturated rings. The van der Waals surface area contributed by atoms with Gasteiger partial charge in [0.15, 0.2) is 0 Å².